The van der Waals surface area contributed by atoms with Crippen LogP contribution in [0.4, 0.5) is 5.69 Å². The number of hydrogen-bond donors (Lipinski definition) is 0. The summed E-state index contributed by atoms with van der Waals surface area (Å²) in [5, 5.41) is 12.7. The molecule has 1 aromatic heterocycles. The van der Waals surface area contributed by atoms with Gasteiger partial charge in [0, 0.05) is 22.9 Å². The first kappa shape index (κ1) is 12.2. The SMILES string of the molecule is C=COCn1c2ccccc2c2cc([N+](=O)[O-])ccc21. The van der Waals surface area contributed by atoms with Crippen molar-refractivity contribution < 1.29 is 9.66 Å². The zero-order valence-corrected chi connectivity index (χ0v) is 10.7. The standard InChI is InChI=1S/C15H12N2O3/c1-2-20-10-16-14-6-4-3-5-12(14)13-9-11(17(18)19)7-8-15(13)16/h2-9H,1,10H2. The van der Waals surface area contributed by atoms with E-state index in [1.807, 2.05) is 28.8 Å². The van der Waals surface area contributed by atoms with Crippen LogP contribution in [-0.4, -0.2) is 9.49 Å². The Bertz CT molecular complexity index is 820. The summed E-state index contributed by atoms with van der Waals surface area (Å²) in [6.45, 7) is 3.86. The van der Waals surface area contributed by atoms with E-state index < -0.39 is 0 Å². The van der Waals surface area contributed by atoms with Crippen LogP contribution in [0.3, 0.4) is 0 Å². The monoisotopic (exact) mass is 268 g/mol. The van der Waals surface area contributed by atoms with Gasteiger partial charge in [-0.3, -0.25) is 10.1 Å². The maximum atomic E-state index is 10.9. The predicted molar refractivity (Wildman–Crippen MR) is 77.4 cm³/mol. The number of benzene rings is 2. The minimum absolute atomic E-state index is 0.0880. The molecule has 0 aliphatic heterocycles. The zero-order valence-electron chi connectivity index (χ0n) is 10.7. The largest absolute Gasteiger partial charge is 0.481 e. The van der Waals surface area contributed by atoms with Crippen molar-refractivity contribution in [2.45, 2.75) is 6.73 Å². The Morgan fingerprint density at radius 1 is 1.20 bits per heavy atom. The highest BCUT2D eigenvalue weighted by molar-refractivity contribution is 6.08. The maximum absolute atomic E-state index is 10.9. The molecule has 3 aromatic rings. The Morgan fingerprint density at radius 3 is 2.70 bits per heavy atom. The highest BCUT2D eigenvalue weighted by Gasteiger charge is 2.14. The van der Waals surface area contributed by atoms with Crippen molar-refractivity contribution in [1.82, 2.24) is 4.57 Å². The van der Waals surface area contributed by atoms with E-state index in [0.29, 0.717) is 6.73 Å². The van der Waals surface area contributed by atoms with Crippen molar-refractivity contribution in [1.29, 1.82) is 0 Å². The van der Waals surface area contributed by atoms with E-state index in [-0.39, 0.29) is 10.6 Å². The van der Waals surface area contributed by atoms with Gasteiger partial charge < -0.3 is 9.30 Å². The fourth-order valence-electron chi connectivity index (χ4n) is 2.42. The summed E-state index contributed by atoms with van der Waals surface area (Å²) in [5.41, 5.74) is 1.97. The van der Waals surface area contributed by atoms with Crippen LogP contribution >= 0.6 is 0 Å². The number of non-ortho nitro benzene ring substituents is 1. The van der Waals surface area contributed by atoms with Gasteiger partial charge in [-0.1, -0.05) is 24.8 Å². The van der Waals surface area contributed by atoms with Crippen molar-refractivity contribution in [2.24, 2.45) is 0 Å². The van der Waals surface area contributed by atoms with E-state index in [1.54, 1.807) is 12.1 Å². The molecule has 5 nitrogen and oxygen atoms in total. The average molecular weight is 268 g/mol. The van der Waals surface area contributed by atoms with Crippen LogP contribution in [0.1, 0.15) is 0 Å². The summed E-state index contributed by atoms with van der Waals surface area (Å²) >= 11 is 0. The quantitative estimate of drug-likeness (QED) is 0.410. The Labute approximate surface area is 114 Å². The number of nitrogens with zero attached hydrogens (tertiary/aromatic N) is 2. The summed E-state index contributed by atoms with van der Waals surface area (Å²) in [6, 6.07) is 12.6. The molecule has 0 amide bonds. The molecule has 1 heterocycles. The van der Waals surface area contributed by atoms with Gasteiger partial charge >= 0.3 is 0 Å². The fraction of sp³-hybridized carbons (Fsp3) is 0.0667. The number of fused-ring (bicyclic) bond motifs is 3. The molecule has 0 unspecified atom stereocenters. The van der Waals surface area contributed by atoms with Gasteiger partial charge in [0.1, 0.15) is 0 Å². The third-order valence-electron chi connectivity index (χ3n) is 3.29. The predicted octanol–water partition coefficient (Wildman–Crippen LogP) is 3.82. The summed E-state index contributed by atoms with van der Waals surface area (Å²) in [4.78, 5) is 10.5. The second kappa shape index (κ2) is 4.70. The molecular weight excluding hydrogens is 256 g/mol. The molecule has 0 aliphatic rings. The summed E-state index contributed by atoms with van der Waals surface area (Å²) in [6.07, 6.45) is 1.38. The van der Waals surface area contributed by atoms with Gasteiger partial charge in [0.15, 0.2) is 6.73 Å². The number of para-hydroxylation sites is 1. The molecule has 0 saturated heterocycles. The second-order valence-electron chi connectivity index (χ2n) is 4.37. The second-order valence-corrected chi connectivity index (χ2v) is 4.37. The topological polar surface area (TPSA) is 57.3 Å². The van der Waals surface area contributed by atoms with Gasteiger partial charge in [-0.05, 0) is 12.1 Å². The van der Waals surface area contributed by atoms with Gasteiger partial charge in [-0.2, -0.15) is 0 Å². The summed E-state index contributed by atoms with van der Waals surface area (Å²) in [7, 11) is 0. The van der Waals surface area contributed by atoms with Crippen LogP contribution in [0.5, 0.6) is 0 Å². The van der Waals surface area contributed by atoms with E-state index in [9.17, 15) is 10.1 Å². The van der Waals surface area contributed by atoms with Gasteiger partial charge in [0.05, 0.1) is 22.2 Å². The summed E-state index contributed by atoms with van der Waals surface area (Å²) < 4.78 is 7.23. The summed E-state index contributed by atoms with van der Waals surface area (Å²) in [5.74, 6) is 0. The van der Waals surface area contributed by atoms with Gasteiger partial charge in [-0.25, -0.2) is 0 Å². The number of hydrogen-bond acceptors (Lipinski definition) is 3. The molecule has 0 atom stereocenters. The molecule has 0 radical (unpaired) electrons. The molecule has 0 bridgehead atoms. The highest BCUT2D eigenvalue weighted by atomic mass is 16.6. The maximum Gasteiger partial charge on any atom is 0.270 e. The molecule has 0 N–H and O–H groups in total. The van der Waals surface area contributed by atoms with Crippen LogP contribution in [0, 0.1) is 10.1 Å². The van der Waals surface area contributed by atoms with Gasteiger partial charge in [-0.15, -0.1) is 0 Å². The highest BCUT2D eigenvalue weighted by Crippen LogP contribution is 2.31. The first-order valence-electron chi connectivity index (χ1n) is 6.10. The van der Waals surface area contributed by atoms with Crippen molar-refractivity contribution in [2.75, 3.05) is 0 Å². The lowest BCUT2D eigenvalue weighted by Crippen LogP contribution is -1.98. The number of aromatic nitrogens is 1. The van der Waals surface area contributed by atoms with Crippen LogP contribution in [0.2, 0.25) is 0 Å². The Hall–Kier alpha value is -2.82. The lowest BCUT2D eigenvalue weighted by atomic mass is 10.1. The average Bonchev–Trinajstić information content (AvgIpc) is 2.78. The Kier molecular flexibility index (Phi) is 2.87. The number of nitro groups is 1. The third-order valence-corrected chi connectivity index (χ3v) is 3.29. The Balaban J connectivity index is 2.34. The third kappa shape index (κ3) is 1.80. The molecule has 3 rings (SSSR count). The number of rotatable bonds is 4. The smallest absolute Gasteiger partial charge is 0.270 e. The van der Waals surface area contributed by atoms with Gasteiger partial charge in [0.25, 0.3) is 5.69 Å². The normalized spacial score (nSPS) is 10.8. The molecule has 100 valence electrons. The molecule has 0 aliphatic carbocycles. The van der Waals surface area contributed by atoms with Crippen molar-refractivity contribution in [3.63, 3.8) is 0 Å². The Morgan fingerprint density at radius 2 is 1.95 bits per heavy atom. The molecule has 0 spiro atoms. The van der Waals surface area contributed by atoms with Crippen molar-refractivity contribution in [3.8, 4) is 0 Å². The lowest BCUT2D eigenvalue weighted by molar-refractivity contribution is -0.384. The first-order valence-corrected chi connectivity index (χ1v) is 6.10. The number of nitro benzene ring substituents is 1. The molecule has 2 aromatic carbocycles. The van der Waals surface area contributed by atoms with E-state index in [0.717, 1.165) is 21.8 Å². The van der Waals surface area contributed by atoms with Crippen molar-refractivity contribution in [3.05, 3.63) is 65.4 Å². The zero-order chi connectivity index (χ0) is 14.1. The van der Waals surface area contributed by atoms with Crippen LogP contribution in [0.15, 0.2) is 55.3 Å². The van der Waals surface area contributed by atoms with Crippen LogP contribution in [0.25, 0.3) is 21.8 Å². The van der Waals surface area contributed by atoms with E-state index >= 15 is 0 Å². The molecule has 0 fully saturated rings. The molecule has 0 saturated carbocycles. The minimum atomic E-state index is -0.383. The minimum Gasteiger partial charge on any atom is -0.481 e. The molecular formula is C15H12N2O3. The first-order chi connectivity index (χ1) is 9.72. The van der Waals surface area contributed by atoms with E-state index in [1.165, 1.54) is 12.3 Å². The lowest BCUT2D eigenvalue weighted by Gasteiger charge is -2.06. The number of ether oxygens (including phenoxy) is 1. The van der Waals surface area contributed by atoms with Crippen molar-refractivity contribution >= 4 is 27.5 Å². The molecule has 5 heteroatoms. The van der Waals surface area contributed by atoms with E-state index in [2.05, 4.69) is 6.58 Å². The van der Waals surface area contributed by atoms with E-state index in [4.69, 9.17) is 4.74 Å². The van der Waals surface area contributed by atoms with Crippen LogP contribution in [-0.2, 0) is 11.5 Å². The fourth-order valence-corrected chi connectivity index (χ4v) is 2.42. The van der Waals surface area contributed by atoms with Crippen LogP contribution < -0.4 is 0 Å². The molecule has 20 heavy (non-hydrogen) atoms. The van der Waals surface area contributed by atoms with Gasteiger partial charge in [0.2, 0.25) is 0 Å².